The molecular weight excluding hydrogens is 411 g/mol. The van der Waals surface area contributed by atoms with Crippen LogP contribution in [0.5, 0.6) is 0 Å². The van der Waals surface area contributed by atoms with Crippen molar-refractivity contribution in [1.82, 2.24) is 20.0 Å². The van der Waals surface area contributed by atoms with Crippen molar-refractivity contribution in [2.24, 2.45) is 5.92 Å². The Labute approximate surface area is 178 Å². The number of aromatic nitrogens is 3. The van der Waals surface area contributed by atoms with Crippen LogP contribution in [0.1, 0.15) is 49.9 Å². The number of rotatable bonds is 3. The maximum atomic E-state index is 12.8. The summed E-state index contributed by atoms with van der Waals surface area (Å²) in [4.78, 5) is 24.1. The molecule has 4 heterocycles. The molecule has 2 saturated heterocycles. The molecule has 2 aliphatic rings. The fraction of sp³-hybridized carbons (Fsp3) is 0.619. The standard InChI is InChI=1S/C21H26F3N5O2/c1-13-4-3-7-29(12-13)20-25-11-16(17-10-14(2)27-31-17)18(26-20)15-5-8-28(9-6-15)19(30)21(22,23)24/h10-11,13,15H,3-9,12H2,1-2H3. The van der Waals surface area contributed by atoms with Crippen LogP contribution < -0.4 is 4.90 Å². The van der Waals surface area contributed by atoms with Crippen LogP contribution in [0.25, 0.3) is 11.3 Å². The first-order valence-corrected chi connectivity index (χ1v) is 10.6. The van der Waals surface area contributed by atoms with Crippen molar-refractivity contribution in [3.05, 3.63) is 23.7 Å². The predicted octanol–water partition coefficient (Wildman–Crippen LogP) is 3.94. The number of nitrogens with zero attached hydrogens (tertiary/aromatic N) is 5. The molecule has 1 unspecified atom stereocenters. The Hall–Kier alpha value is -2.65. The summed E-state index contributed by atoms with van der Waals surface area (Å²) in [5.74, 6) is -0.145. The molecule has 2 aromatic heterocycles. The molecule has 0 N–H and O–H groups in total. The molecule has 7 nitrogen and oxygen atoms in total. The second kappa shape index (κ2) is 8.47. The van der Waals surface area contributed by atoms with Gasteiger partial charge in [0.15, 0.2) is 5.76 Å². The van der Waals surface area contributed by atoms with Gasteiger partial charge in [-0.1, -0.05) is 12.1 Å². The molecule has 10 heteroatoms. The van der Waals surface area contributed by atoms with Crippen molar-refractivity contribution >= 4 is 11.9 Å². The van der Waals surface area contributed by atoms with E-state index in [4.69, 9.17) is 9.51 Å². The van der Waals surface area contributed by atoms with Gasteiger partial charge in [-0.3, -0.25) is 4.79 Å². The average molecular weight is 437 g/mol. The normalized spacial score (nSPS) is 20.9. The summed E-state index contributed by atoms with van der Waals surface area (Å²) in [6.45, 7) is 5.85. The van der Waals surface area contributed by atoms with Crippen molar-refractivity contribution < 1.29 is 22.5 Å². The molecule has 2 aliphatic heterocycles. The highest BCUT2D eigenvalue weighted by Crippen LogP contribution is 2.36. The average Bonchev–Trinajstić information content (AvgIpc) is 3.18. The van der Waals surface area contributed by atoms with E-state index in [1.165, 1.54) is 6.42 Å². The Morgan fingerprint density at radius 1 is 1.19 bits per heavy atom. The van der Waals surface area contributed by atoms with Gasteiger partial charge >= 0.3 is 12.1 Å². The fourth-order valence-electron chi connectivity index (χ4n) is 4.44. The summed E-state index contributed by atoms with van der Waals surface area (Å²) in [5.41, 5.74) is 2.17. The zero-order valence-electron chi connectivity index (χ0n) is 17.7. The molecule has 2 fully saturated rings. The summed E-state index contributed by atoms with van der Waals surface area (Å²) in [6.07, 6.45) is -0.0819. The Morgan fingerprint density at radius 2 is 1.94 bits per heavy atom. The zero-order chi connectivity index (χ0) is 22.2. The van der Waals surface area contributed by atoms with Gasteiger partial charge in [0, 0.05) is 44.4 Å². The number of aryl methyl sites for hydroxylation is 1. The van der Waals surface area contributed by atoms with Crippen LogP contribution in [-0.4, -0.2) is 58.3 Å². The zero-order valence-corrected chi connectivity index (χ0v) is 17.7. The fourth-order valence-corrected chi connectivity index (χ4v) is 4.44. The van der Waals surface area contributed by atoms with Crippen molar-refractivity contribution in [2.75, 3.05) is 31.1 Å². The van der Waals surface area contributed by atoms with E-state index in [-0.39, 0.29) is 19.0 Å². The number of carbonyl (C=O) groups excluding carboxylic acids is 1. The van der Waals surface area contributed by atoms with E-state index in [1.807, 2.05) is 6.92 Å². The van der Waals surface area contributed by atoms with Crippen LogP contribution >= 0.6 is 0 Å². The lowest BCUT2D eigenvalue weighted by atomic mass is 9.90. The number of hydrogen-bond acceptors (Lipinski definition) is 6. The lowest BCUT2D eigenvalue weighted by molar-refractivity contribution is -0.186. The van der Waals surface area contributed by atoms with Gasteiger partial charge in [-0.25, -0.2) is 9.97 Å². The highest BCUT2D eigenvalue weighted by molar-refractivity contribution is 5.82. The van der Waals surface area contributed by atoms with Crippen molar-refractivity contribution in [3.63, 3.8) is 0 Å². The van der Waals surface area contributed by atoms with E-state index in [0.717, 1.165) is 35.8 Å². The number of carbonyl (C=O) groups is 1. The lowest BCUT2D eigenvalue weighted by Crippen LogP contribution is -2.45. The van der Waals surface area contributed by atoms with E-state index in [0.29, 0.717) is 36.0 Å². The van der Waals surface area contributed by atoms with Gasteiger partial charge < -0.3 is 14.3 Å². The SMILES string of the molecule is Cc1cc(-c2cnc(N3CCCC(C)C3)nc2C2CCN(C(=O)C(F)(F)F)CC2)on1. The van der Waals surface area contributed by atoms with E-state index >= 15 is 0 Å². The van der Waals surface area contributed by atoms with Crippen molar-refractivity contribution in [3.8, 4) is 11.3 Å². The highest BCUT2D eigenvalue weighted by Gasteiger charge is 2.43. The number of alkyl halides is 3. The van der Waals surface area contributed by atoms with Crippen LogP contribution in [0, 0.1) is 12.8 Å². The molecule has 0 spiro atoms. The number of anilines is 1. The number of amides is 1. The maximum Gasteiger partial charge on any atom is 0.471 e. The third kappa shape index (κ3) is 4.67. The predicted molar refractivity (Wildman–Crippen MR) is 107 cm³/mol. The molecule has 0 bridgehead atoms. The Bertz CT molecular complexity index is 937. The highest BCUT2D eigenvalue weighted by atomic mass is 19.4. The van der Waals surface area contributed by atoms with Gasteiger partial charge in [0.25, 0.3) is 0 Å². The second-order valence-electron chi connectivity index (χ2n) is 8.56. The summed E-state index contributed by atoms with van der Waals surface area (Å²) < 4.78 is 43.8. The van der Waals surface area contributed by atoms with E-state index in [2.05, 4.69) is 22.0 Å². The summed E-state index contributed by atoms with van der Waals surface area (Å²) >= 11 is 0. The Kier molecular flexibility index (Phi) is 5.90. The lowest BCUT2D eigenvalue weighted by Gasteiger charge is -2.34. The minimum absolute atomic E-state index is 0.0396. The molecule has 31 heavy (non-hydrogen) atoms. The molecule has 0 aliphatic carbocycles. The van der Waals surface area contributed by atoms with Gasteiger partial charge in [-0.15, -0.1) is 0 Å². The Balaban J connectivity index is 1.61. The van der Waals surface area contributed by atoms with E-state index < -0.39 is 12.1 Å². The molecule has 1 atom stereocenters. The van der Waals surface area contributed by atoms with Gasteiger partial charge in [0.2, 0.25) is 5.95 Å². The number of halogens is 3. The minimum atomic E-state index is -4.84. The molecule has 2 aromatic rings. The molecule has 0 aromatic carbocycles. The van der Waals surface area contributed by atoms with Gasteiger partial charge in [0.1, 0.15) is 0 Å². The topological polar surface area (TPSA) is 75.4 Å². The Morgan fingerprint density at radius 3 is 2.55 bits per heavy atom. The third-order valence-electron chi connectivity index (χ3n) is 6.05. The van der Waals surface area contributed by atoms with Gasteiger partial charge in [-0.2, -0.15) is 13.2 Å². The van der Waals surface area contributed by atoms with E-state index in [1.54, 1.807) is 12.3 Å². The minimum Gasteiger partial charge on any atom is -0.356 e. The first-order chi connectivity index (χ1) is 14.7. The van der Waals surface area contributed by atoms with Crippen molar-refractivity contribution in [1.29, 1.82) is 0 Å². The summed E-state index contributed by atoms with van der Waals surface area (Å²) in [5, 5.41) is 3.94. The quantitative estimate of drug-likeness (QED) is 0.724. The molecule has 168 valence electrons. The van der Waals surface area contributed by atoms with Crippen LogP contribution in [0.2, 0.25) is 0 Å². The smallest absolute Gasteiger partial charge is 0.356 e. The molecule has 4 rings (SSSR count). The van der Waals surface area contributed by atoms with Crippen LogP contribution in [0.3, 0.4) is 0 Å². The first-order valence-electron chi connectivity index (χ1n) is 10.6. The van der Waals surface area contributed by atoms with Gasteiger partial charge in [-0.05, 0) is 38.5 Å². The maximum absolute atomic E-state index is 12.8. The van der Waals surface area contributed by atoms with Crippen LogP contribution in [0.4, 0.5) is 19.1 Å². The monoisotopic (exact) mass is 437 g/mol. The third-order valence-corrected chi connectivity index (χ3v) is 6.05. The summed E-state index contributed by atoms with van der Waals surface area (Å²) in [7, 11) is 0. The number of hydrogen-bond donors (Lipinski definition) is 0. The van der Waals surface area contributed by atoms with Crippen molar-refractivity contribution in [2.45, 2.75) is 51.6 Å². The number of piperidine rings is 2. The first kappa shape index (κ1) is 21.6. The molecule has 0 radical (unpaired) electrons. The molecule has 0 saturated carbocycles. The second-order valence-corrected chi connectivity index (χ2v) is 8.56. The molecular formula is C21H26F3N5O2. The van der Waals surface area contributed by atoms with Crippen LogP contribution in [0.15, 0.2) is 16.8 Å². The van der Waals surface area contributed by atoms with E-state index in [9.17, 15) is 18.0 Å². The largest absolute Gasteiger partial charge is 0.471 e. The number of likely N-dealkylation sites (tertiary alicyclic amines) is 1. The molecule has 1 amide bonds. The summed E-state index contributed by atoms with van der Waals surface area (Å²) in [6, 6.07) is 1.80. The van der Waals surface area contributed by atoms with Crippen LogP contribution in [-0.2, 0) is 4.79 Å². The van der Waals surface area contributed by atoms with Gasteiger partial charge in [0.05, 0.1) is 17.0 Å².